The number of fused-ring (bicyclic) bond motifs is 1. The summed E-state index contributed by atoms with van der Waals surface area (Å²) in [5.41, 5.74) is 1.17. The van der Waals surface area contributed by atoms with Crippen LogP contribution < -0.4 is 5.56 Å². The number of halogens is 2. The van der Waals surface area contributed by atoms with Crippen molar-refractivity contribution >= 4 is 34.7 Å². The number of H-pyrrole nitrogens is 1. The molecular formula is C16H12ClFN2OS. The molecule has 0 unspecified atom stereocenters. The smallest absolute Gasteiger partial charge is 0.262 e. The Bertz CT molecular complexity index is 964. The van der Waals surface area contributed by atoms with Crippen LogP contribution in [-0.4, -0.2) is 9.55 Å². The predicted octanol–water partition coefficient (Wildman–Crippen LogP) is 4.09. The van der Waals surface area contributed by atoms with Crippen LogP contribution in [0.3, 0.4) is 0 Å². The third kappa shape index (κ3) is 2.82. The quantitative estimate of drug-likeness (QED) is 0.732. The van der Waals surface area contributed by atoms with Gasteiger partial charge in [-0.1, -0.05) is 29.8 Å². The SMILES string of the molecule is O=c1c2cc(F)ccc2[nH]c(=S)n1CCc1ccccc1Cl. The first-order valence-corrected chi connectivity index (χ1v) is 7.50. The second-order valence-electron chi connectivity index (χ2n) is 4.92. The molecule has 0 radical (unpaired) electrons. The monoisotopic (exact) mass is 334 g/mol. The Morgan fingerprint density at radius 2 is 2.00 bits per heavy atom. The lowest BCUT2D eigenvalue weighted by Crippen LogP contribution is -2.23. The zero-order valence-corrected chi connectivity index (χ0v) is 13.0. The molecule has 3 aromatic rings. The van der Waals surface area contributed by atoms with Gasteiger partial charge in [-0.2, -0.15) is 0 Å². The first kappa shape index (κ1) is 14.9. The third-order valence-electron chi connectivity index (χ3n) is 3.51. The van der Waals surface area contributed by atoms with Gasteiger partial charge in [-0.25, -0.2) is 4.39 Å². The number of benzene rings is 2. The minimum Gasteiger partial charge on any atom is -0.332 e. The molecule has 1 aromatic heterocycles. The molecule has 0 atom stereocenters. The Balaban J connectivity index is 2.02. The maximum absolute atomic E-state index is 13.3. The summed E-state index contributed by atoms with van der Waals surface area (Å²) >= 11 is 11.3. The number of rotatable bonds is 3. The highest BCUT2D eigenvalue weighted by atomic mass is 35.5. The summed E-state index contributed by atoms with van der Waals surface area (Å²) < 4.78 is 15.1. The molecule has 1 heterocycles. The van der Waals surface area contributed by atoms with Crippen molar-refractivity contribution in [3.05, 3.63) is 74.0 Å². The van der Waals surface area contributed by atoms with Gasteiger partial charge >= 0.3 is 0 Å². The Morgan fingerprint density at radius 3 is 2.77 bits per heavy atom. The highest BCUT2D eigenvalue weighted by Gasteiger charge is 2.08. The van der Waals surface area contributed by atoms with Gasteiger partial charge in [-0.3, -0.25) is 9.36 Å². The van der Waals surface area contributed by atoms with Crippen LogP contribution in [0.1, 0.15) is 5.56 Å². The Kier molecular flexibility index (Phi) is 4.09. The van der Waals surface area contributed by atoms with Crippen molar-refractivity contribution in [3.63, 3.8) is 0 Å². The fourth-order valence-corrected chi connectivity index (χ4v) is 2.87. The summed E-state index contributed by atoms with van der Waals surface area (Å²) in [6.07, 6.45) is 0.567. The summed E-state index contributed by atoms with van der Waals surface area (Å²) in [4.78, 5) is 15.4. The van der Waals surface area contributed by atoms with E-state index in [1.165, 1.54) is 22.8 Å². The largest absolute Gasteiger partial charge is 0.332 e. The number of aromatic amines is 1. The zero-order valence-electron chi connectivity index (χ0n) is 11.5. The molecular weight excluding hydrogens is 323 g/mol. The molecule has 0 aliphatic carbocycles. The first-order valence-electron chi connectivity index (χ1n) is 6.72. The summed E-state index contributed by atoms with van der Waals surface area (Å²) in [5, 5.41) is 0.935. The van der Waals surface area contributed by atoms with Gasteiger partial charge in [-0.15, -0.1) is 0 Å². The Hall–Kier alpha value is -1.98. The van der Waals surface area contributed by atoms with E-state index in [1.54, 1.807) is 6.07 Å². The minimum absolute atomic E-state index is 0.285. The Morgan fingerprint density at radius 1 is 1.23 bits per heavy atom. The second kappa shape index (κ2) is 6.02. The van der Waals surface area contributed by atoms with E-state index in [1.807, 2.05) is 18.2 Å². The van der Waals surface area contributed by atoms with Gasteiger partial charge in [0.15, 0.2) is 4.77 Å². The van der Waals surface area contributed by atoms with E-state index in [4.69, 9.17) is 23.8 Å². The summed E-state index contributed by atoms with van der Waals surface area (Å²) in [6, 6.07) is 11.5. The molecule has 3 nitrogen and oxygen atoms in total. The van der Waals surface area contributed by atoms with Crippen LogP contribution in [0.5, 0.6) is 0 Å². The highest BCUT2D eigenvalue weighted by Crippen LogP contribution is 2.16. The van der Waals surface area contributed by atoms with Crippen molar-refractivity contribution in [2.75, 3.05) is 0 Å². The van der Waals surface area contributed by atoms with Gasteiger partial charge in [0.2, 0.25) is 0 Å². The number of aromatic nitrogens is 2. The fraction of sp³-hybridized carbons (Fsp3) is 0.125. The van der Waals surface area contributed by atoms with Crippen LogP contribution in [0.15, 0.2) is 47.3 Å². The summed E-state index contributed by atoms with van der Waals surface area (Å²) in [5.74, 6) is -0.451. The lowest BCUT2D eigenvalue weighted by atomic mass is 10.1. The van der Waals surface area contributed by atoms with Crippen LogP contribution in [0.2, 0.25) is 5.02 Å². The van der Waals surface area contributed by atoms with E-state index >= 15 is 0 Å². The molecule has 3 rings (SSSR count). The van der Waals surface area contributed by atoms with Crippen molar-refractivity contribution in [2.24, 2.45) is 0 Å². The first-order chi connectivity index (χ1) is 10.6. The molecule has 1 N–H and O–H groups in total. The van der Waals surface area contributed by atoms with E-state index in [2.05, 4.69) is 4.98 Å². The van der Waals surface area contributed by atoms with Crippen LogP contribution in [-0.2, 0) is 13.0 Å². The molecule has 2 aromatic carbocycles. The van der Waals surface area contributed by atoms with E-state index in [-0.39, 0.29) is 10.9 Å². The number of aryl methyl sites for hydroxylation is 1. The van der Waals surface area contributed by atoms with Crippen LogP contribution in [0.4, 0.5) is 4.39 Å². The van der Waals surface area contributed by atoms with Crippen molar-refractivity contribution < 1.29 is 4.39 Å². The maximum Gasteiger partial charge on any atom is 0.262 e. The molecule has 0 spiro atoms. The van der Waals surface area contributed by atoms with Crippen molar-refractivity contribution in [2.45, 2.75) is 13.0 Å². The molecule has 112 valence electrons. The summed E-state index contributed by atoms with van der Waals surface area (Å²) in [7, 11) is 0. The number of hydrogen-bond donors (Lipinski definition) is 1. The maximum atomic E-state index is 13.3. The average Bonchev–Trinajstić information content (AvgIpc) is 2.50. The highest BCUT2D eigenvalue weighted by molar-refractivity contribution is 7.71. The van der Waals surface area contributed by atoms with Crippen LogP contribution in [0.25, 0.3) is 10.9 Å². The van der Waals surface area contributed by atoms with Crippen molar-refractivity contribution in [1.82, 2.24) is 9.55 Å². The standard InChI is InChI=1S/C16H12ClFN2OS/c17-13-4-2-1-3-10(13)7-8-20-15(21)12-9-11(18)5-6-14(12)19-16(20)22/h1-6,9H,7-8H2,(H,19,22). The Labute approximate surface area is 136 Å². The lowest BCUT2D eigenvalue weighted by molar-refractivity contribution is 0.626. The zero-order chi connectivity index (χ0) is 15.7. The predicted molar refractivity (Wildman–Crippen MR) is 88.5 cm³/mol. The minimum atomic E-state index is -0.451. The van der Waals surface area contributed by atoms with E-state index in [0.717, 1.165) is 5.56 Å². The van der Waals surface area contributed by atoms with Crippen molar-refractivity contribution in [1.29, 1.82) is 0 Å². The molecule has 22 heavy (non-hydrogen) atoms. The molecule has 0 aliphatic heterocycles. The lowest BCUT2D eigenvalue weighted by Gasteiger charge is -2.09. The molecule has 0 bridgehead atoms. The van der Waals surface area contributed by atoms with Gasteiger partial charge in [0, 0.05) is 11.6 Å². The topological polar surface area (TPSA) is 37.8 Å². The number of nitrogens with zero attached hydrogens (tertiary/aromatic N) is 1. The number of hydrogen-bond acceptors (Lipinski definition) is 2. The van der Waals surface area contributed by atoms with Gasteiger partial charge in [0.25, 0.3) is 5.56 Å². The van der Waals surface area contributed by atoms with Crippen LogP contribution in [0, 0.1) is 10.6 Å². The van der Waals surface area contributed by atoms with Crippen LogP contribution >= 0.6 is 23.8 Å². The fourth-order valence-electron chi connectivity index (χ4n) is 2.36. The van der Waals surface area contributed by atoms with E-state index < -0.39 is 5.82 Å². The molecule has 0 fully saturated rings. The average molecular weight is 335 g/mol. The number of nitrogens with one attached hydrogen (secondary N) is 1. The van der Waals surface area contributed by atoms with Gasteiger partial charge < -0.3 is 4.98 Å². The molecule has 0 saturated carbocycles. The molecule has 0 aliphatic rings. The van der Waals surface area contributed by atoms with E-state index in [9.17, 15) is 9.18 Å². The van der Waals surface area contributed by atoms with Gasteiger partial charge in [0.1, 0.15) is 5.82 Å². The summed E-state index contributed by atoms with van der Waals surface area (Å²) in [6.45, 7) is 0.379. The normalized spacial score (nSPS) is 11.0. The second-order valence-corrected chi connectivity index (χ2v) is 5.71. The van der Waals surface area contributed by atoms with Gasteiger partial charge in [-0.05, 0) is 48.5 Å². The van der Waals surface area contributed by atoms with Gasteiger partial charge in [0.05, 0.1) is 10.9 Å². The molecule has 0 amide bonds. The van der Waals surface area contributed by atoms with E-state index in [0.29, 0.717) is 28.3 Å². The third-order valence-corrected chi connectivity index (χ3v) is 4.20. The van der Waals surface area contributed by atoms with Crippen molar-refractivity contribution in [3.8, 4) is 0 Å². The molecule has 6 heteroatoms. The molecule has 0 saturated heterocycles.